The molecule has 1 aromatic carbocycles. The van der Waals surface area contributed by atoms with Crippen molar-refractivity contribution in [3.8, 4) is 0 Å². The van der Waals surface area contributed by atoms with Gasteiger partial charge in [0.2, 0.25) is 0 Å². The number of benzene rings is 1. The van der Waals surface area contributed by atoms with Crippen LogP contribution in [-0.2, 0) is 11.3 Å². The van der Waals surface area contributed by atoms with Crippen molar-refractivity contribution in [1.29, 1.82) is 0 Å². The molecule has 1 aliphatic heterocycles. The van der Waals surface area contributed by atoms with Crippen LogP contribution in [0.25, 0.3) is 0 Å². The van der Waals surface area contributed by atoms with Gasteiger partial charge in [-0.25, -0.2) is 0 Å². The van der Waals surface area contributed by atoms with Gasteiger partial charge in [0, 0.05) is 39.3 Å². The highest BCUT2D eigenvalue weighted by Crippen LogP contribution is 2.08. The predicted molar refractivity (Wildman–Crippen MR) is 89.9 cm³/mol. The number of rotatable bonds is 9. The Morgan fingerprint density at radius 2 is 1.95 bits per heavy atom. The number of ether oxygens (including phenoxy) is 1. The second kappa shape index (κ2) is 9.95. The smallest absolute Gasteiger partial charge is 0.0667 e. The topological polar surface area (TPSA) is 35.9 Å². The van der Waals surface area contributed by atoms with E-state index in [0.717, 1.165) is 65.3 Å². The molecule has 1 heterocycles. The summed E-state index contributed by atoms with van der Waals surface area (Å²) >= 11 is 0. The molecule has 124 valence electrons. The molecule has 1 atom stereocenters. The van der Waals surface area contributed by atoms with E-state index >= 15 is 0 Å². The van der Waals surface area contributed by atoms with E-state index < -0.39 is 0 Å². The summed E-state index contributed by atoms with van der Waals surface area (Å²) in [4.78, 5) is 4.83. The number of nitrogens with zero attached hydrogens (tertiary/aromatic N) is 2. The quantitative estimate of drug-likeness (QED) is 0.757. The predicted octanol–water partition coefficient (Wildman–Crippen LogP) is 1.98. The van der Waals surface area contributed by atoms with Crippen molar-refractivity contribution in [2.24, 2.45) is 0 Å². The van der Waals surface area contributed by atoms with Crippen LogP contribution in [-0.4, -0.2) is 66.9 Å². The Kier molecular flexibility index (Phi) is 7.88. The minimum absolute atomic E-state index is 0.224. The average molecular weight is 306 g/mol. The van der Waals surface area contributed by atoms with Gasteiger partial charge in [-0.3, -0.25) is 9.80 Å². The van der Waals surface area contributed by atoms with E-state index in [2.05, 4.69) is 41.0 Å². The van der Waals surface area contributed by atoms with Gasteiger partial charge in [-0.1, -0.05) is 43.7 Å². The summed E-state index contributed by atoms with van der Waals surface area (Å²) in [6, 6.07) is 10.5. The third kappa shape index (κ3) is 6.44. The second-order valence-corrected chi connectivity index (χ2v) is 6.12. The Balaban J connectivity index is 1.85. The van der Waals surface area contributed by atoms with Crippen LogP contribution in [0.1, 0.15) is 25.3 Å². The summed E-state index contributed by atoms with van der Waals surface area (Å²) in [5.74, 6) is 0. The Hall–Kier alpha value is -0.940. The maximum Gasteiger partial charge on any atom is 0.0667 e. The van der Waals surface area contributed by atoms with Gasteiger partial charge in [0.1, 0.15) is 0 Å². The first kappa shape index (κ1) is 17.4. The molecule has 1 fully saturated rings. The fourth-order valence-electron chi connectivity index (χ4n) is 2.91. The molecule has 0 aromatic heterocycles. The maximum absolute atomic E-state index is 10.2. The lowest BCUT2D eigenvalue weighted by atomic mass is 10.1. The molecule has 4 heteroatoms. The van der Waals surface area contributed by atoms with Crippen LogP contribution >= 0.6 is 0 Å². The maximum atomic E-state index is 10.2. The molecular formula is C18H30N2O2. The van der Waals surface area contributed by atoms with Crippen LogP contribution in [0, 0.1) is 0 Å². The van der Waals surface area contributed by atoms with E-state index in [1.807, 2.05) is 6.07 Å². The van der Waals surface area contributed by atoms with E-state index in [1.165, 1.54) is 5.56 Å². The summed E-state index contributed by atoms with van der Waals surface area (Å²) in [5.41, 5.74) is 1.31. The van der Waals surface area contributed by atoms with Crippen molar-refractivity contribution < 1.29 is 9.84 Å². The molecule has 1 aliphatic rings. The van der Waals surface area contributed by atoms with Gasteiger partial charge in [0.15, 0.2) is 0 Å². The number of aliphatic hydroxyl groups excluding tert-OH is 1. The summed E-state index contributed by atoms with van der Waals surface area (Å²) in [6.07, 6.45) is 1.69. The lowest BCUT2D eigenvalue weighted by Crippen LogP contribution is -2.42. The monoisotopic (exact) mass is 306 g/mol. The van der Waals surface area contributed by atoms with Crippen LogP contribution in [0.15, 0.2) is 30.3 Å². The Labute approximate surface area is 134 Å². The number of hydrogen-bond acceptors (Lipinski definition) is 4. The van der Waals surface area contributed by atoms with Gasteiger partial charge in [-0.2, -0.15) is 0 Å². The highest BCUT2D eigenvalue weighted by molar-refractivity contribution is 5.14. The molecule has 0 aliphatic carbocycles. The van der Waals surface area contributed by atoms with Gasteiger partial charge in [-0.05, 0) is 12.0 Å². The Bertz CT molecular complexity index is 393. The number of hydrogen-bond donors (Lipinski definition) is 1. The first-order valence-corrected chi connectivity index (χ1v) is 8.52. The standard InChI is InChI=1S/C18H30N2O2/c1-2-6-18(21)16-20(15-17-7-4-3-5-8-17)10-9-19-11-13-22-14-12-19/h3-5,7-8,18,21H,2,6,9-16H2,1H3/t18-/m1/s1. The second-order valence-electron chi connectivity index (χ2n) is 6.12. The summed E-state index contributed by atoms with van der Waals surface area (Å²) in [6.45, 7) is 9.57. The van der Waals surface area contributed by atoms with Crippen molar-refractivity contribution in [3.63, 3.8) is 0 Å². The zero-order chi connectivity index (χ0) is 15.6. The van der Waals surface area contributed by atoms with Gasteiger partial charge >= 0.3 is 0 Å². The van der Waals surface area contributed by atoms with Crippen LogP contribution in [0.2, 0.25) is 0 Å². The molecule has 0 unspecified atom stereocenters. The van der Waals surface area contributed by atoms with Crippen LogP contribution < -0.4 is 0 Å². The van der Waals surface area contributed by atoms with E-state index in [0.29, 0.717) is 0 Å². The molecule has 1 saturated heterocycles. The number of aliphatic hydroxyl groups is 1. The highest BCUT2D eigenvalue weighted by atomic mass is 16.5. The van der Waals surface area contributed by atoms with Crippen LogP contribution in [0.4, 0.5) is 0 Å². The van der Waals surface area contributed by atoms with Crippen molar-refractivity contribution in [1.82, 2.24) is 9.80 Å². The minimum atomic E-state index is -0.224. The fourth-order valence-corrected chi connectivity index (χ4v) is 2.91. The van der Waals surface area contributed by atoms with E-state index in [4.69, 9.17) is 4.74 Å². The lowest BCUT2D eigenvalue weighted by Gasteiger charge is -2.31. The van der Waals surface area contributed by atoms with Crippen LogP contribution in [0.5, 0.6) is 0 Å². The third-order valence-corrected chi connectivity index (χ3v) is 4.18. The summed E-state index contributed by atoms with van der Waals surface area (Å²) in [5, 5.41) is 10.2. The van der Waals surface area contributed by atoms with Gasteiger partial charge < -0.3 is 9.84 Å². The fraction of sp³-hybridized carbons (Fsp3) is 0.667. The Morgan fingerprint density at radius 3 is 2.64 bits per heavy atom. The van der Waals surface area contributed by atoms with Crippen molar-refractivity contribution in [3.05, 3.63) is 35.9 Å². The van der Waals surface area contributed by atoms with E-state index in [1.54, 1.807) is 0 Å². The van der Waals surface area contributed by atoms with Crippen molar-refractivity contribution in [2.75, 3.05) is 45.9 Å². The molecule has 1 N–H and O–H groups in total. The lowest BCUT2D eigenvalue weighted by molar-refractivity contribution is 0.0287. The zero-order valence-corrected chi connectivity index (χ0v) is 13.8. The third-order valence-electron chi connectivity index (χ3n) is 4.18. The molecule has 0 amide bonds. The van der Waals surface area contributed by atoms with Gasteiger partial charge in [-0.15, -0.1) is 0 Å². The van der Waals surface area contributed by atoms with Crippen LogP contribution in [0.3, 0.4) is 0 Å². The molecule has 1 aromatic rings. The van der Waals surface area contributed by atoms with Gasteiger partial charge in [0.05, 0.1) is 19.3 Å². The zero-order valence-electron chi connectivity index (χ0n) is 13.8. The molecule has 0 spiro atoms. The first-order chi connectivity index (χ1) is 10.8. The van der Waals surface area contributed by atoms with E-state index in [9.17, 15) is 5.11 Å². The molecule has 0 radical (unpaired) electrons. The Morgan fingerprint density at radius 1 is 1.23 bits per heavy atom. The van der Waals surface area contributed by atoms with Gasteiger partial charge in [0.25, 0.3) is 0 Å². The summed E-state index contributed by atoms with van der Waals surface area (Å²) < 4.78 is 5.40. The number of morpholine rings is 1. The van der Waals surface area contributed by atoms with Crippen molar-refractivity contribution in [2.45, 2.75) is 32.4 Å². The molecule has 0 saturated carbocycles. The first-order valence-electron chi connectivity index (χ1n) is 8.52. The normalized spacial score (nSPS) is 17.8. The average Bonchev–Trinajstić information content (AvgIpc) is 2.55. The molecule has 22 heavy (non-hydrogen) atoms. The minimum Gasteiger partial charge on any atom is -0.392 e. The molecule has 0 bridgehead atoms. The van der Waals surface area contributed by atoms with Crippen molar-refractivity contribution >= 4 is 0 Å². The largest absolute Gasteiger partial charge is 0.392 e. The SMILES string of the molecule is CCC[C@@H](O)CN(CCN1CCOCC1)Cc1ccccc1. The summed E-state index contributed by atoms with van der Waals surface area (Å²) in [7, 11) is 0. The molecular weight excluding hydrogens is 276 g/mol. The molecule has 4 nitrogen and oxygen atoms in total. The molecule has 2 rings (SSSR count). The highest BCUT2D eigenvalue weighted by Gasteiger charge is 2.15. The van der Waals surface area contributed by atoms with E-state index in [-0.39, 0.29) is 6.10 Å².